The molecule has 1 atom stereocenters. The zero-order valence-electron chi connectivity index (χ0n) is 29.2. The molecule has 0 aliphatic rings. The van der Waals surface area contributed by atoms with E-state index in [1.165, 1.54) is 51.4 Å². The van der Waals surface area contributed by atoms with Gasteiger partial charge in [-0.15, -0.1) is 0 Å². The molecule has 0 bridgehead atoms. The first-order valence-corrected chi connectivity index (χ1v) is 17.9. The van der Waals surface area contributed by atoms with Crippen molar-refractivity contribution in [2.45, 2.75) is 117 Å². The van der Waals surface area contributed by atoms with Crippen LogP contribution in [0.15, 0.2) is 72.8 Å². The van der Waals surface area contributed by atoms with E-state index < -0.39 is 18.0 Å². The Hall–Kier alpha value is -3.97. The molecule has 3 aromatic carbocycles. The van der Waals surface area contributed by atoms with Gasteiger partial charge in [-0.2, -0.15) is 0 Å². The highest BCUT2D eigenvalue weighted by Gasteiger charge is 2.17. The SMILES string of the molecule is CCCCCCCCCCCCOC(=O)c1ccc(-c2ccc(OC(=O)c3ccc(OC(=O)[C@H](C)OCCCCCC)cc3)cc2)cc1. The summed E-state index contributed by atoms with van der Waals surface area (Å²) in [6.45, 7) is 7.02. The fourth-order valence-corrected chi connectivity index (χ4v) is 5.23. The van der Waals surface area contributed by atoms with Gasteiger partial charge in [0.15, 0.2) is 6.10 Å². The van der Waals surface area contributed by atoms with Crippen LogP contribution >= 0.6 is 0 Å². The molecule has 260 valence electrons. The highest BCUT2D eigenvalue weighted by molar-refractivity contribution is 5.91. The molecule has 0 unspecified atom stereocenters. The summed E-state index contributed by atoms with van der Waals surface area (Å²) in [4.78, 5) is 37.5. The van der Waals surface area contributed by atoms with Crippen molar-refractivity contribution in [1.29, 1.82) is 0 Å². The maximum atomic E-state index is 12.7. The molecule has 7 nitrogen and oxygen atoms in total. The smallest absolute Gasteiger partial charge is 0.343 e. The van der Waals surface area contributed by atoms with E-state index in [4.69, 9.17) is 18.9 Å². The van der Waals surface area contributed by atoms with Crippen LogP contribution in [0.4, 0.5) is 0 Å². The van der Waals surface area contributed by atoms with Gasteiger partial charge >= 0.3 is 17.9 Å². The first kappa shape index (κ1) is 38.5. The van der Waals surface area contributed by atoms with Gasteiger partial charge in [-0.05, 0) is 79.4 Å². The molecule has 0 spiro atoms. The molecule has 7 heteroatoms. The molecule has 0 aliphatic heterocycles. The van der Waals surface area contributed by atoms with Crippen molar-refractivity contribution in [3.63, 3.8) is 0 Å². The fraction of sp³-hybridized carbons (Fsp3) is 0.488. The largest absolute Gasteiger partial charge is 0.462 e. The van der Waals surface area contributed by atoms with Crippen molar-refractivity contribution >= 4 is 17.9 Å². The maximum Gasteiger partial charge on any atom is 0.343 e. The molecule has 0 saturated carbocycles. The van der Waals surface area contributed by atoms with Gasteiger partial charge in [0.25, 0.3) is 0 Å². The van der Waals surface area contributed by atoms with Crippen molar-refractivity contribution in [3.05, 3.63) is 83.9 Å². The second kappa shape index (κ2) is 22.6. The average molecular weight is 659 g/mol. The lowest BCUT2D eigenvalue weighted by Crippen LogP contribution is -2.26. The van der Waals surface area contributed by atoms with Crippen LogP contribution < -0.4 is 9.47 Å². The third-order valence-corrected chi connectivity index (χ3v) is 8.26. The van der Waals surface area contributed by atoms with E-state index in [9.17, 15) is 14.4 Å². The lowest BCUT2D eigenvalue weighted by atomic mass is 10.0. The normalized spacial score (nSPS) is 11.6. The van der Waals surface area contributed by atoms with E-state index in [1.807, 2.05) is 24.3 Å². The molecule has 3 rings (SSSR count). The molecule has 0 radical (unpaired) electrons. The minimum absolute atomic E-state index is 0.303. The molecular formula is C41H54O7. The van der Waals surface area contributed by atoms with Gasteiger partial charge < -0.3 is 18.9 Å². The molecule has 0 fully saturated rings. The molecular weight excluding hydrogens is 604 g/mol. The van der Waals surface area contributed by atoms with Gasteiger partial charge in [-0.3, -0.25) is 0 Å². The number of carbonyl (C=O) groups excluding carboxylic acids is 3. The predicted octanol–water partition coefficient (Wildman–Crippen LogP) is 10.5. The number of benzene rings is 3. The number of rotatable bonds is 23. The third-order valence-electron chi connectivity index (χ3n) is 8.26. The summed E-state index contributed by atoms with van der Waals surface area (Å²) in [5.74, 6) is -0.574. The standard InChI is InChI=1S/C41H54O7/c1-4-6-8-10-11-12-13-14-15-17-31-46-40(43)35-20-18-33(19-21-35)34-22-26-38(27-23-34)48-41(44)36-24-28-37(29-25-36)47-39(42)32(3)45-30-16-9-7-5-2/h18-29,32H,4-17,30-31H2,1-3H3/t32-/m0/s1. The number of carbonyl (C=O) groups is 3. The topological polar surface area (TPSA) is 88.1 Å². The van der Waals surface area contributed by atoms with Crippen molar-refractivity contribution < 1.29 is 33.3 Å². The van der Waals surface area contributed by atoms with Crippen LogP contribution in [-0.4, -0.2) is 37.2 Å². The van der Waals surface area contributed by atoms with Crippen molar-refractivity contribution in [1.82, 2.24) is 0 Å². The molecule has 0 aromatic heterocycles. The Balaban J connectivity index is 1.37. The second-order valence-corrected chi connectivity index (χ2v) is 12.3. The highest BCUT2D eigenvalue weighted by Crippen LogP contribution is 2.24. The first-order chi connectivity index (χ1) is 23.4. The van der Waals surface area contributed by atoms with Crippen molar-refractivity contribution in [2.75, 3.05) is 13.2 Å². The summed E-state index contributed by atoms with van der Waals surface area (Å²) in [5.41, 5.74) is 2.71. The molecule has 0 heterocycles. The van der Waals surface area contributed by atoms with Crippen LogP contribution in [0, 0.1) is 0 Å². The maximum absolute atomic E-state index is 12.7. The van der Waals surface area contributed by atoms with Gasteiger partial charge in [0.05, 0.1) is 17.7 Å². The Morgan fingerprint density at radius 3 is 1.50 bits per heavy atom. The van der Waals surface area contributed by atoms with Crippen LogP contribution in [-0.2, 0) is 14.3 Å². The zero-order chi connectivity index (χ0) is 34.4. The number of hydrogen-bond acceptors (Lipinski definition) is 7. The molecule has 0 saturated heterocycles. The van der Waals surface area contributed by atoms with Crippen LogP contribution in [0.3, 0.4) is 0 Å². The van der Waals surface area contributed by atoms with Crippen LogP contribution in [0.5, 0.6) is 11.5 Å². The fourth-order valence-electron chi connectivity index (χ4n) is 5.23. The van der Waals surface area contributed by atoms with E-state index >= 15 is 0 Å². The Bertz CT molecular complexity index is 1350. The van der Waals surface area contributed by atoms with Gasteiger partial charge in [0, 0.05) is 6.61 Å². The Labute approximate surface area is 287 Å². The van der Waals surface area contributed by atoms with E-state index in [2.05, 4.69) is 13.8 Å². The van der Waals surface area contributed by atoms with E-state index in [0.717, 1.165) is 49.7 Å². The quantitative estimate of drug-likeness (QED) is 0.0569. The first-order valence-electron chi connectivity index (χ1n) is 17.9. The van der Waals surface area contributed by atoms with Crippen molar-refractivity contribution in [2.24, 2.45) is 0 Å². The van der Waals surface area contributed by atoms with Gasteiger partial charge in [-0.1, -0.05) is 115 Å². The van der Waals surface area contributed by atoms with Gasteiger partial charge in [0.1, 0.15) is 11.5 Å². The van der Waals surface area contributed by atoms with Crippen LogP contribution in [0.2, 0.25) is 0 Å². The Kier molecular flexibility index (Phi) is 18.1. The summed E-state index contributed by atoms with van der Waals surface area (Å²) >= 11 is 0. The Morgan fingerprint density at radius 2 is 0.917 bits per heavy atom. The zero-order valence-corrected chi connectivity index (χ0v) is 29.2. The average Bonchev–Trinajstić information content (AvgIpc) is 3.11. The van der Waals surface area contributed by atoms with Crippen molar-refractivity contribution in [3.8, 4) is 22.6 Å². The van der Waals surface area contributed by atoms with Gasteiger partial charge in [-0.25, -0.2) is 14.4 Å². The van der Waals surface area contributed by atoms with E-state index in [1.54, 1.807) is 55.5 Å². The summed E-state index contributed by atoms with van der Waals surface area (Å²) < 4.78 is 22.0. The molecule has 0 N–H and O–H groups in total. The molecule has 3 aromatic rings. The number of ether oxygens (including phenoxy) is 4. The molecule has 48 heavy (non-hydrogen) atoms. The lowest BCUT2D eigenvalue weighted by Gasteiger charge is -2.12. The highest BCUT2D eigenvalue weighted by atomic mass is 16.6. The summed E-state index contributed by atoms with van der Waals surface area (Å²) in [6, 6.07) is 20.7. The number of esters is 3. The Morgan fingerprint density at radius 1 is 0.500 bits per heavy atom. The van der Waals surface area contributed by atoms with E-state index in [0.29, 0.717) is 35.8 Å². The minimum Gasteiger partial charge on any atom is -0.462 e. The van der Waals surface area contributed by atoms with E-state index in [-0.39, 0.29) is 5.97 Å². The van der Waals surface area contributed by atoms with Crippen LogP contribution in [0.1, 0.15) is 131 Å². The number of unbranched alkanes of at least 4 members (excludes halogenated alkanes) is 12. The monoisotopic (exact) mass is 658 g/mol. The summed E-state index contributed by atoms with van der Waals surface area (Å²) in [7, 11) is 0. The second-order valence-electron chi connectivity index (χ2n) is 12.3. The minimum atomic E-state index is -0.669. The molecule has 0 amide bonds. The lowest BCUT2D eigenvalue weighted by molar-refractivity contribution is -0.146. The summed E-state index contributed by atoms with van der Waals surface area (Å²) in [6.07, 6.45) is 16.0. The van der Waals surface area contributed by atoms with Crippen LogP contribution in [0.25, 0.3) is 11.1 Å². The number of hydrogen-bond donors (Lipinski definition) is 0. The molecule has 0 aliphatic carbocycles. The summed E-state index contributed by atoms with van der Waals surface area (Å²) in [5, 5.41) is 0. The predicted molar refractivity (Wildman–Crippen MR) is 191 cm³/mol. The third kappa shape index (κ3) is 14.4. The van der Waals surface area contributed by atoms with Gasteiger partial charge in [0.2, 0.25) is 0 Å².